The first kappa shape index (κ1) is 14.5. The van der Waals surface area contributed by atoms with Crippen LogP contribution < -0.4 is 5.32 Å². The summed E-state index contributed by atoms with van der Waals surface area (Å²) in [5, 5.41) is 2.89. The largest absolute Gasteiger partial charge is 0.352 e. The van der Waals surface area contributed by atoms with Gasteiger partial charge in [0.2, 0.25) is 0 Å². The Balaban J connectivity index is 1.89. The lowest BCUT2D eigenvalue weighted by molar-refractivity contribution is 0.0946. The summed E-state index contributed by atoms with van der Waals surface area (Å²) in [4.78, 5) is 14.4. The van der Waals surface area contributed by atoms with Crippen LogP contribution in [-0.2, 0) is 0 Å². The van der Waals surface area contributed by atoms with Crippen molar-refractivity contribution in [2.45, 2.75) is 13.3 Å². The minimum Gasteiger partial charge on any atom is -0.352 e. The minimum absolute atomic E-state index is 0.221. The Morgan fingerprint density at radius 3 is 3.05 bits per heavy atom. The van der Waals surface area contributed by atoms with Crippen LogP contribution in [0.4, 0.5) is 4.39 Å². The van der Waals surface area contributed by atoms with Gasteiger partial charge in [-0.15, -0.1) is 0 Å². The van der Waals surface area contributed by atoms with E-state index in [9.17, 15) is 9.18 Å². The van der Waals surface area contributed by atoms with Crippen LogP contribution >= 0.6 is 15.9 Å². The molecule has 0 bridgehead atoms. The molecule has 1 aliphatic heterocycles. The van der Waals surface area contributed by atoms with E-state index in [1.54, 1.807) is 6.07 Å². The Hall–Kier alpha value is -0.940. The normalized spacial score (nSPS) is 19.6. The number of rotatable bonds is 4. The number of hydrogen-bond acceptors (Lipinski definition) is 2. The van der Waals surface area contributed by atoms with Gasteiger partial charge in [0.25, 0.3) is 5.91 Å². The maximum absolute atomic E-state index is 13.1. The molecule has 5 heteroatoms. The first-order valence-corrected chi connectivity index (χ1v) is 7.35. The molecule has 0 saturated carbocycles. The lowest BCUT2D eigenvalue weighted by atomic mass is 10.1. The van der Waals surface area contributed by atoms with Crippen LogP contribution in [0.3, 0.4) is 0 Å². The number of likely N-dealkylation sites (tertiary alicyclic amines) is 1. The molecule has 0 spiro atoms. The molecular weight excluding hydrogens is 311 g/mol. The lowest BCUT2D eigenvalue weighted by Crippen LogP contribution is -2.31. The number of nitrogens with zero attached hydrogens (tertiary/aromatic N) is 1. The van der Waals surface area contributed by atoms with Crippen molar-refractivity contribution in [2.24, 2.45) is 5.92 Å². The topological polar surface area (TPSA) is 32.3 Å². The molecule has 1 aromatic carbocycles. The average molecular weight is 329 g/mol. The fourth-order valence-electron chi connectivity index (χ4n) is 2.37. The van der Waals surface area contributed by atoms with Gasteiger partial charge in [0.15, 0.2) is 0 Å². The van der Waals surface area contributed by atoms with Crippen molar-refractivity contribution in [1.82, 2.24) is 10.2 Å². The minimum atomic E-state index is -0.397. The zero-order valence-electron chi connectivity index (χ0n) is 11.0. The second kappa shape index (κ2) is 6.48. The molecule has 1 unspecified atom stereocenters. The molecule has 1 fully saturated rings. The third-order valence-corrected chi connectivity index (χ3v) is 4.23. The smallest absolute Gasteiger partial charge is 0.252 e. The van der Waals surface area contributed by atoms with Gasteiger partial charge in [0, 0.05) is 17.6 Å². The quantitative estimate of drug-likeness (QED) is 0.921. The van der Waals surface area contributed by atoms with E-state index in [2.05, 4.69) is 33.1 Å². The summed E-state index contributed by atoms with van der Waals surface area (Å²) in [6.07, 6.45) is 1.11. The number of halogens is 2. The number of amides is 1. The summed E-state index contributed by atoms with van der Waals surface area (Å²) in [5.41, 5.74) is 0.352. The molecular formula is C14H18BrFN2O. The molecule has 104 valence electrons. The van der Waals surface area contributed by atoms with Crippen LogP contribution in [0.5, 0.6) is 0 Å². The zero-order chi connectivity index (χ0) is 13.8. The van der Waals surface area contributed by atoms with Gasteiger partial charge in [-0.1, -0.05) is 6.92 Å². The number of carbonyl (C=O) groups excluding carboxylic acids is 1. The standard InChI is InChI=1S/C14H18BrFN2O/c1-2-18-6-5-10(9-18)8-17-14(19)12-7-11(16)3-4-13(12)15/h3-4,7,10H,2,5-6,8-9H2,1H3,(H,17,19). The highest BCUT2D eigenvalue weighted by molar-refractivity contribution is 9.10. The second-order valence-electron chi connectivity index (χ2n) is 4.88. The van der Waals surface area contributed by atoms with Gasteiger partial charge >= 0.3 is 0 Å². The summed E-state index contributed by atoms with van der Waals surface area (Å²) in [7, 11) is 0. The van der Waals surface area contributed by atoms with Crippen molar-refractivity contribution in [3.8, 4) is 0 Å². The van der Waals surface area contributed by atoms with Crippen LogP contribution in [0.2, 0.25) is 0 Å². The molecule has 1 aromatic rings. The van der Waals surface area contributed by atoms with Crippen molar-refractivity contribution < 1.29 is 9.18 Å². The molecule has 1 atom stereocenters. The van der Waals surface area contributed by atoms with Crippen LogP contribution in [0.15, 0.2) is 22.7 Å². The van der Waals surface area contributed by atoms with Crippen molar-refractivity contribution in [3.63, 3.8) is 0 Å². The predicted molar refractivity (Wildman–Crippen MR) is 76.7 cm³/mol. The van der Waals surface area contributed by atoms with E-state index in [1.807, 2.05) is 0 Å². The number of benzene rings is 1. The summed E-state index contributed by atoms with van der Waals surface area (Å²) >= 11 is 3.27. The van der Waals surface area contributed by atoms with Crippen molar-refractivity contribution >= 4 is 21.8 Å². The monoisotopic (exact) mass is 328 g/mol. The Bertz CT molecular complexity index is 467. The van der Waals surface area contributed by atoms with Gasteiger partial charge < -0.3 is 10.2 Å². The molecule has 0 aromatic heterocycles. The number of carbonyl (C=O) groups is 1. The summed E-state index contributed by atoms with van der Waals surface area (Å²) in [6.45, 7) is 5.98. The molecule has 0 radical (unpaired) electrons. The zero-order valence-corrected chi connectivity index (χ0v) is 12.5. The van der Waals surface area contributed by atoms with E-state index < -0.39 is 5.82 Å². The molecule has 1 amide bonds. The van der Waals surface area contributed by atoms with E-state index in [1.165, 1.54) is 12.1 Å². The van der Waals surface area contributed by atoms with Gasteiger partial charge in [0.05, 0.1) is 5.56 Å². The molecule has 19 heavy (non-hydrogen) atoms. The Morgan fingerprint density at radius 1 is 1.58 bits per heavy atom. The van der Waals surface area contributed by atoms with Gasteiger partial charge in [-0.3, -0.25) is 4.79 Å². The maximum atomic E-state index is 13.1. The second-order valence-corrected chi connectivity index (χ2v) is 5.74. The molecule has 3 nitrogen and oxygen atoms in total. The lowest BCUT2D eigenvalue weighted by Gasteiger charge is -2.14. The predicted octanol–water partition coefficient (Wildman–Crippen LogP) is 2.66. The van der Waals surface area contributed by atoms with E-state index >= 15 is 0 Å². The number of hydrogen-bond donors (Lipinski definition) is 1. The molecule has 1 heterocycles. The highest BCUT2D eigenvalue weighted by Gasteiger charge is 2.22. The molecule has 1 aliphatic rings. The molecule has 1 N–H and O–H groups in total. The van der Waals surface area contributed by atoms with Crippen molar-refractivity contribution in [3.05, 3.63) is 34.1 Å². The van der Waals surface area contributed by atoms with E-state index in [4.69, 9.17) is 0 Å². The SMILES string of the molecule is CCN1CCC(CNC(=O)c2cc(F)ccc2Br)C1. The summed E-state index contributed by atoms with van der Waals surface area (Å²) < 4.78 is 13.8. The highest BCUT2D eigenvalue weighted by Crippen LogP contribution is 2.18. The Labute approximate surface area is 121 Å². The van der Waals surface area contributed by atoms with E-state index in [0.717, 1.165) is 26.1 Å². The van der Waals surface area contributed by atoms with Crippen LogP contribution in [0, 0.1) is 11.7 Å². The average Bonchev–Trinajstić information content (AvgIpc) is 2.87. The molecule has 2 rings (SSSR count). The van der Waals surface area contributed by atoms with E-state index in [-0.39, 0.29) is 5.91 Å². The Morgan fingerprint density at radius 2 is 2.37 bits per heavy atom. The fraction of sp³-hybridized carbons (Fsp3) is 0.500. The molecule has 0 aliphatic carbocycles. The van der Waals surface area contributed by atoms with Gasteiger partial charge in [-0.05, 0) is 59.6 Å². The van der Waals surface area contributed by atoms with Crippen molar-refractivity contribution in [2.75, 3.05) is 26.2 Å². The first-order chi connectivity index (χ1) is 9.10. The van der Waals surface area contributed by atoms with Crippen LogP contribution in [0.25, 0.3) is 0 Å². The third kappa shape index (κ3) is 3.76. The summed E-state index contributed by atoms with van der Waals surface area (Å²) in [6, 6.07) is 4.14. The summed E-state index contributed by atoms with van der Waals surface area (Å²) in [5.74, 6) is -0.121. The highest BCUT2D eigenvalue weighted by atomic mass is 79.9. The van der Waals surface area contributed by atoms with Gasteiger partial charge in [0.1, 0.15) is 5.82 Å². The van der Waals surface area contributed by atoms with Gasteiger partial charge in [-0.25, -0.2) is 4.39 Å². The first-order valence-electron chi connectivity index (χ1n) is 6.55. The van der Waals surface area contributed by atoms with Crippen molar-refractivity contribution in [1.29, 1.82) is 0 Å². The maximum Gasteiger partial charge on any atom is 0.252 e. The third-order valence-electron chi connectivity index (χ3n) is 3.54. The van der Waals surface area contributed by atoms with Gasteiger partial charge in [-0.2, -0.15) is 0 Å². The van der Waals surface area contributed by atoms with Crippen LogP contribution in [0.1, 0.15) is 23.7 Å². The fourth-order valence-corrected chi connectivity index (χ4v) is 2.80. The molecule has 1 saturated heterocycles. The number of nitrogens with one attached hydrogen (secondary N) is 1. The Kier molecular flexibility index (Phi) is 4.93. The van der Waals surface area contributed by atoms with E-state index in [0.29, 0.717) is 22.5 Å². The van der Waals surface area contributed by atoms with Crippen LogP contribution in [-0.4, -0.2) is 37.0 Å².